The number of amides is 1. The number of para-hydroxylation sites is 1. The summed E-state index contributed by atoms with van der Waals surface area (Å²) in [7, 11) is 0. The van der Waals surface area contributed by atoms with Gasteiger partial charge in [-0.05, 0) is 24.6 Å². The van der Waals surface area contributed by atoms with Gasteiger partial charge in [0.1, 0.15) is 17.5 Å². The van der Waals surface area contributed by atoms with Gasteiger partial charge in [-0.15, -0.1) is 0 Å². The second-order valence-electron chi connectivity index (χ2n) is 7.24. The second kappa shape index (κ2) is 7.56. The quantitative estimate of drug-likeness (QED) is 0.812. The highest BCUT2D eigenvalue weighted by Crippen LogP contribution is 2.35. The Bertz CT molecular complexity index is 790. The van der Waals surface area contributed by atoms with Gasteiger partial charge in [0.15, 0.2) is 6.61 Å². The van der Waals surface area contributed by atoms with Crippen molar-refractivity contribution in [2.75, 3.05) is 26.3 Å². The smallest absolute Gasteiger partial charge is 0.260 e. The number of likely N-dealkylation sites (tertiary alicyclic amines) is 1. The Kier molecular flexibility index (Phi) is 4.99. The Morgan fingerprint density at radius 1 is 1.26 bits per heavy atom. The van der Waals surface area contributed by atoms with Crippen molar-refractivity contribution in [3.05, 3.63) is 54.2 Å². The van der Waals surface area contributed by atoms with Gasteiger partial charge < -0.3 is 19.1 Å². The van der Waals surface area contributed by atoms with E-state index in [0.29, 0.717) is 25.6 Å². The van der Waals surface area contributed by atoms with Gasteiger partial charge in [0.2, 0.25) is 5.88 Å². The first-order valence-corrected chi connectivity index (χ1v) is 9.31. The first-order chi connectivity index (χ1) is 13.1. The minimum absolute atomic E-state index is 0.0137. The van der Waals surface area contributed by atoms with Crippen molar-refractivity contribution < 1.29 is 19.0 Å². The molecule has 27 heavy (non-hydrogen) atoms. The van der Waals surface area contributed by atoms with Crippen LogP contribution in [0.4, 0.5) is 0 Å². The summed E-state index contributed by atoms with van der Waals surface area (Å²) in [5.74, 6) is 1.37. The summed E-state index contributed by atoms with van der Waals surface area (Å²) in [6.07, 6.45) is 3.39. The van der Waals surface area contributed by atoms with Gasteiger partial charge in [0, 0.05) is 25.1 Å². The van der Waals surface area contributed by atoms with E-state index >= 15 is 0 Å². The lowest BCUT2D eigenvalue weighted by Gasteiger charge is -2.52. The molecule has 1 amide bonds. The van der Waals surface area contributed by atoms with Gasteiger partial charge in [0.05, 0.1) is 19.7 Å². The molecule has 0 bridgehead atoms. The molecule has 3 heterocycles. The number of rotatable bonds is 5. The molecule has 142 valence electrons. The van der Waals surface area contributed by atoms with Crippen molar-refractivity contribution in [3.63, 3.8) is 0 Å². The fourth-order valence-corrected chi connectivity index (χ4v) is 3.67. The fraction of sp³-hybridized carbons (Fsp3) is 0.429. The number of carbonyl (C=O) groups is 1. The molecule has 1 aromatic heterocycles. The molecule has 1 aromatic carbocycles. The molecule has 0 saturated carbocycles. The average molecular weight is 368 g/mol. The number of hydrogen-bond donors (Lipinski definition) is 0. The highest BCUT2D eigenvalue weighted by Gasteiger charge is 2.50. The minimum atomic E-state index is -0.296. The molecular weight excluding hydrogens is 344 g/mol. The number of ether oxygens (including phenoxy) is 3. The predicted molar refractivity (Wildman–Crippen MR) is 99.8 cm³/mol. The molecule has 0 radical (unpaired) electrons. The SMILES string of the molecule is Cc1ccccc1OCC(=O)N1CC2(C[C@H](Oc3ccccn3)CCO2)C1. The van der Waals surface area contributed by atoms with Crippen LogP contribution in [0.15, 0.2) is 48.7 Å². The van der Waals surface area contributed by atoms with Gasteiger partial charge >= 0.3 is 0 Å². The summed E-state index contributed by atoms with van der Waals surface area (Å²) in [4.78, 5) is 18.4. The first-order valence-electron chi connectivity index (χ1n) is 9.31. The average Bonchev–Trinajstić information content (AvgIpc) is 2.66. The zero-order chi connectivity index (χ0) is 18.7. The molecule has 2 aliphatic heterocycles. The van der Waals surface area contributed by atoms with Gasteiger partial charge in [-0.3, -0.25) is 4.79 Å². The minimum Gasteiger partial charge on any atom is -0.484 e. The van der Waals surface area contributed by atoms with E-state index in [4.69, 9.17) is 14.2 Å². The van der Waals surface area contributed by atoms with Crippen LogP contribution in [-0.2, 0) is 9.53 Å². The maximum Gasteiger partial charge on any atom is 0.260 e. The second-order valence-corrected chi connectivity index (χ2v) is 7.24. The summed E-state index contributed by atoms with van der Waals surface area (Å²) in [6.45, 7) is 3.83. The largest absolute Gasteiger partial charge is 0.484 e. The van der Waals surface area contributed by atoms with E-state index in [9.17, 15) is 4.79 Å². The highest BCUT2D eigenvalue weighted by atomic mass is 16.5. The number of hydrogen-bond acceptors (Lipinski definition) is 5. The van der Waals surface area contributed by atoms with Crippen molar-refractivity contribution in [3.8, 4) is 11.6 Å². The van der Waals surface area contributed by atoms with Crippen LogP contribution in [0.5, 0.6) is 11.6 Å². The predicted octanol–water partition coefficient (Wildman–Crippen LogP) is 2.61. The lowest BCUT2D eigenvalue weighted by molar-refractivity contribution is -0.194. The number of pyridine rings is 1. The van der Waals surface area contributed by atoms with Gasteiger partial charge in [0.25, 0.3) is 5.91 Å². The van der Waals surface area contributed by atoms with Crippen molar-refractivity contribution in [1.82, 2.24) is 9.88 Å². The monoisotopic (exact) mass is 368 g/mol. The summed E-state index contributed by atoms with van der Waals surface area (Å²) in [6, 6.07) is 13.3. The van der Waals surface area contributed by atoms with E-state index in [1.54, 1.807) is 11.1 Å². The van der Waals surface area contributed by atoms with E-state index < -0.39 is 0 Å². The lowest BCUT2D eigenvalue weighted by atomic mass is 9.84. The lowest BCUT2D eigenvalue weighted by Crippen LogP contribution is -2.68. The fourth-order valence-electron chi connectivity index (χ4n) is 3.67. The molecule has 1 spiro atoms. The third-order valence-electron chi connectivity index (χ3n) is 5.13. The van der Waals surface area contributed by atoms with Crippen LogP contribution in [0.2, 0.25) is 0 Å². The third kappa shape index (κ3) is 4.06. The first kappa shape index (κ1) is 17.8. The van der Waals surface area contributed by atoms with Crippen molar-refractivity contribution >= 4 is 5.91 Å². The van der Waals surface area contributed by atoms with Crippen LogP contribution >= 0.6 is 0 Å². The molecule has 2 aromatic rings. The molecule has 2 aliphatic rings. The molecule has 2 saturated heterocycles. The summed E-state index contributed by atoms with van der Waals surface area (Å²) < 4.78 is 17.6. The molecule has 0 N–H and O–H groups in total. The number of nitrogens with zero attached hydrogens (tertiary/aromatic N) is 2. The van der Waals surface area contributed by atoms with Gasteiger partial charge in [-0.25, -0.2) is 4.98 Å². The molecule has 6 nitrogen and oxygen atoms in total. The van der Waals surface area contributed by atoms with Crippen LogP contribution in [0, 0.1) is 6.92 Å². The van der Waals surface area contributed by atoms with E-state index in [1.807, 2.05) is 49.4 Å². The van der Waals surface area contributed by atoms with Crippen LogP contribution in [0.1, 0.15) is 18.4 Å². The molecule has 2 fully saturated rings. The van der Waals surface area contributed by atoms with Crippen LogP contribution in [0.3, 0.4) is 0 Å². The van der Waals surface area contributed by atoms with E-state index in [1.165, 1.54) is 0 Å². The normalized spacial score (nSPS) is 20.8. The number of carbonyl (C=O) groups excluding carboxylic acids is 1. The van der Waals surface area contributed by atoms with Gasteiger partial charge in [-0.2, -0.15) is 0 Å². The Hall–Kier alpha value is -2.60. The standard InChI is InChI=1S/C21H24N2O4/c1-16-6-2-3-7-18(16)25-13-20(24)23-14-21(15-23)12-17(9-11-26-21)27-19-8-4-5-10-22-19/h2-8,10,17H,9,11-15H2,1H3/t17-/m1/s1. The van der Waals surface area contributed by atoms with Crippen molar-refractivity contribution in [1.29, 1.82) is 0 Å². The maximum atomic E-state index is 12.4. The highest BCUT2D eigenvalue weighted by molar-refractivity contribution is 5.79. The van der Waals surface area contributed by atoms with Crippen LogP contribution in [0.25, 0.3) is 0 Å². The number of benzene rings is 1. The zero-order valence-electron chi connectivity index (χ0n) is 15.5. The summed E-state index contributed by atoms with van der Waals surface area (Å²) in [5.41, 5.74) is 0.728. The maximum absolute atomic E-state index is 12.4. The molecule has 0 unspecified atom stereocenters. The van der Waals surface area contributed by atoms with E-state index in [0.717, 1.165) is 24.2 Å². The topological polar surface area (TPSA) is 60.9 Å². The Balaban J connectivity index is 1.27. The Morgan fingerprint density at radius 3 is 2.85 bits per heavy atom. The van der Waals surface area contributed by atoms with E-state index in [2.05, 4.69) is 4.98 Å². The summed E-state index contributed by atoms with van der Waals surface area (Å²) >= 11 is 0. The van der Waals surface area contributed by atoms with Gasteiger partial charge in [-0.1, -0.05) is 24.3 Å². The molecule has 4 rings (SSSR count). The summed E-state index contributed by atoms with van der Waals surface area (Å²) in [5, 5.41) is 0. The van der Waals surface area contributed by atoms with Crippen LogP contribution < -0.4 is 9.47 Å². The Labute approximate surface area is 159 Å². The molecule has 0 aliphatic carbocycles. The number of aryl methyl sites for hydroxylation is 1. The molecule has 1 atom stereocenters. The van der Waals surface area contributed by atoms with Crippen molar-refractivity contribution in [2.45, 2.75) is 31.5 Å². The van der Waals surface area contributed by atoms with Crippen LogP contribution in [-0.4, -0.2) is 53.8 Å². The third-order valence-corrected chi connectivity index (χ3v) is 5.13. The molecular formula is C21H24N2O4. The zero-order valence-corrected chi connectivity index (χ0v) is 15.5. The van der Waals surface area contributed by atoms with Crippen molar-refractivity contribution in [2.24, 2.45) is 0 Å². The number of aromatic nitrogens is 1. The molecule has 6 heteroatoms. The van der Waals surface area contributed by atoms with E-state index in [-0.39, 0.29) is 24.2 Å². The Morgan fingerprint density at radius 2 is 2.07 bits per heavy atom.